The first-order valence-corrected chi connectivity index (χ1v) is 5.31. The molecular formula is C7H7NO2S2. The van der Waals surface area contributed by atoms with Crippen molar-refractivity contribution in [1.82, 2.24) is 0 Å². The predicted molar refractivity (Wildman–Crippen MR) is 50.5 cm³/mol. The smallest absolute Gasteiger partial charge is 0.345 e. The molecule has 0 aromatic carbocycles. The van der Waals surface area contributed by atoms with Crippen molar-refractivity contribution in [2.75, 3.05) is 17.6 Å². The third-order valence-electron chi connectivity index (χ3n) is 1.55. The van der Waals surface area contributed by atoms with Crippen molar-refractivity contribution >= 4 is 34.1 Å². The van der Waals surface area contributed by atoms with Crippen molar-refractivity contribution in [3.8, 4) is 0 Å². The van der Waals surface area contributed by atoms with Crippen molar-refractivity contribution in [2.24, 2.45) is 0 Å². The number of carboxylic acids is 1. The van der Waals surface area contributed by atoms with E-state index < -0.39 is 5.97 Å². The Balaban J connectivity index is 2.38. The highest BCUT2D eigenvalue weighted by Crippen LogP contribution is 2.38. The van der Waals surface area contributed by atoms with Gasteiger partial charge in [0.2, 0.25) is 0 Å². The molecule has 1 aliphatic heterocycles. The molecule has 0 saturated heterocycles. The van der Waals surface area contributed by atoms with Crippen LogP contribution in [0.4, 0.5) is 5.00 Å². The summed E-state index contributed by atoms with van der Waals surface area (Å²) in [6.07, 6.45) is 0. The highest BCUT2D eigenvalue weighted by atomic mass is 32.2. The molecule has 64 valence electrons. The van der Waals surface area contributed by atoms with Crippen molar-refractivity contribution in [3.05, 3.63) is 10.9 Å². The van der Waals surface area contributed by atoms with Gasteiger partial charge in [0, 0.05) is 17.2 Å². The fraction of sp³-hybridized carbons (Fsp3) is 0.286. The molecule has 0 atom stereocenters. The number of hydrogen-bond acceptors (Lipinski definition) is 4. The van der Waals surface area contributed by atoms with Crippen LogP contribution in [0.1, 0.15) is 9.67 Å². The molecule has 5 heteroatoms. The van der Waals surface area contributed by atoms with Crippen LogP contribution in [0.25, 0.3) is 0 Å². The minimum Gasteiger partial charge on any atom is -0.477 e. The largest absolute Gasteiger partial charge is 0.477 e. The van der Waals surface area contributed by atoms with Crippen LogP contribution in [0, 0.1) is 0 Å². The van der Waals surface area contributed by atoms with Gasteiger partial charge in [0.15, 0.2) is 0 Å². The average Bonchev–Trinajstić information content (AvgIpc) is 2.46. The number of rotatable bonds is 1. The summed E-state index contributed by atoms with van der Waals surface area (Å²) in [5, 5.41) is 12.9. The monoisotopic (exact) mass is 201 g/mol. The van der Waals surface area contributed by atoms with Crippen LogP contribution >= 0.6 is 23.1 Å². The lowest BCUT2D eigenvalue weighted by Gasteiger charge is -2.11. The van der Waals surface area contributed by atoms with E-state index in [9.17, 15) is 4.79 Å². The fourth-order valence-corrected chi connectivity index (χ4v) is 3.06. The topological polar surface area (TPSA) is 49.3 Å². The van der Waals surface area contributed by atoms with E-state index in [-0.39, 0.29) is 0 Å². The zero-order valence-electron chi connectivity index (χ0n) is 6.16. The van der Waals surface area contributed by atoms with Crippen LogP contribution in [0.15, 0.2) is 11.0 Å². The highest BCUT2D eigenvalue weighted by Gasteiger charge is 2.16. The standard InChI is InChI=1S/C7H7NO2S2/c9-7(10)5-3-4-6(12-5)8-1-2-11-4/h3,8H,1-2H2,(H,9,10). The van der Waals surface area contributed by atoms with E-state index in [0.717, 1.165) is 22.2 Å². The Morgan fingerprint density at radius 1 is 1.67 bits per heavy atom. The maximum atomic E-state index is 10.6. The first kappa shape index (κ1) is 7.94. The summed E-state index contributed by atoms with van der Waals surface area (Å²) in [5.41, 5.74) is 0. The number of thioether (sulfide) groups is 1. The molecule has 0 fully saturated rings. The first-order valence-electron chi connectivity index (χ1n) is 3.51. The fourth-order valence-electron chi connectivity index (χ4n) is 1.04. The number of nitrogens with one attached hydrogen (secondary N) is 1. The van der Waals surface area contributed by atoms with E-state index in [1.54, 1.807) is 17.8 Å². The predicted octanol–water partition coefficient (Wildman–Crippen LogP) is 1.96. The maximum absolute atomic E-state index is 10.6. The molecule has 2 heterocycles. The minimum absolute atomic E-state index is 0.418. The molecule has 3 nitrogen and oxygen atoms in total. The van der Waals surface area contributed by atoms with Crippen LogP contribution in [0.5, 0.6) is 0 Å². The van der Waals surface area contributed by atoms with Crippen LogP contribution in [0.3, 0.4) is 0 Å². The molecule has 12 heavy (non-hydrogen) atoms. The van der Waals surface area contributed by atoms with Gasteiger partial charge in [-0.1, -0.05) is 0 Å². The Bertz CT molecular complexity index is 298. The van der Waals surface area contributed by atoms with Gasteiger partial charge in [-0.05, 0) is 6.07 Å². The Labute approximate surface area is 77.8 Å². The van der Waals surface area contributed by atoms with Crippen molar-refractivity contribution in [1.29, 1.82) is 0 Å². The zero-order chi connectivity index (χ0) is 8.55. The number of carboxylic acid groups (broad SMARTS) is 1. The second-order valence-electron chi connectivity index (χ2n) is 2.38. The van der Waals surface area contributed by atoms with E-state index in [0.29, 0.717) is 4.88 Å². The highest BCUT2D eigenvalue weighted by molar-refractivity contribution is 7.99. The van der Waals surface area contributed by atoms with Crippen LogP contribution in [-0.2, 0) is 0 Å². The summed E-state index contributed by atoms with van der Waals surface area (Å²) in [6, 6.07) is 1.74. The van der Waals surface area contributed by atoms with Gasteiger partial charge in [-0.15, -0.1) is 23.1 Å². The van der Waals surface area contributed by atoms with Crippen LogP contribution in [-0.4, -0.2) is 23.4 Å². The zero-order valence-corrected chi connectivity index (χ0v) is 7.80. The molecule has 1 aliphatic rings. The van der Waals surface area contributed by atoms with Crippen LogP contribution < -0.4 is 5.32 Å². The van der Waals surface area contributed by atoms with E-state index in [4.69, 9.17) is 5.11 Å². The Morgan fingerprint density at radius 3 is 3.17 bits per heavy atom. The van der Waals surface area contributed by atoms with E-state index >= 15 is 0 Å². The van der Waals surface area contributed by atoms with E-state index in [2.05, 4.69) is 5.32 Å². The van der Waals surface area contributed by atoms with Gasteiger partial charge < -0.3 is 10.4 Å². The van der Waals surface area contributed by atoms with Gasteiger partial charge in [0.1, 0.15) is 9.88 Å². The van der Waals surface area contributed by atoms with Crippen LogP contribution in [0.2, 0.25) is 0 Å². The summed E-state index contributed by atoms with van der Waals surface area (Å²) in [4.78, 5) is 12.1. The normalized spacial score (nSPS) is 15.0. The lowest BCUT2D eigenvalue weighted by Crippen LogP contribution is -2.07. The molecule has 0 spiro atoms. The van der Waals surface area contributed by atoms with Gasteiger partial charge >= 0.3 is 5.97 Å². The molecule has 0 radical (unpaired) electrons. The second-order valence-corrected chi connectivity index (χ2v) is 4.57. The summed E-state index contributed by atoms with van der Waals surface area (Å²) in [7, 11) is 0. The Morgan fingerprint density at radius 2 is 2.50 bits per heavy atom. The third-order valence-corrected chi connectivity index (χ3v) is 3.81. The molecule has 1 aromatic heterocycles. The molecule has 2 N–H and O–H groups in total. The molecular weight excluding hydrogens is 194 g/mol. The molecule has 0 saturated carbocycles. The number of thiophene rings is 1. The van der Waals surface area contributed by atoms with Gasteiger partial charge in [-0.3, -0.25) is 0 Å². The first-order chi connectivity index (χ1) is 5.77. The Hall–Kier alpha value is -0.680. The number of fused-ring (bicyclic) bond motifs is 1. The quantitative estimate of drug-likeness (QED) is 0.729. The van der Waals surface area contributed by atoms with Gasteiger partial charge in [0.05, 0.1) is 0 Å². The molecule has 0 amide bonds. The Kier molecular flexibility index (Phi) is 1.98. The molecule has 0 aliphatic carbocycles. The van der Waals surface area contributed by atoms with Crippen molar-refractivity contribution in [2.45, 2.75) is 4.90 Å². The number of aromatic carboxylic acids is 1. The van der Waals surface area contributed by atoms with Gasteiger partial charge in [-0.25, -0.2) is 4.79 Å². The summed E-state index contributed by atoms with van der Waals surface area (Å²) in [5.74, 6) is 0.180. The number of anilines is 1. The van der Waals surface area contributed by atoms with E-state index in [1.165, 1.54) is 11.3 Å². The van der Waals surface area contributed by atoms with Crippen molar-refractivity contribution < 1.29 is 9.90 Å². The van der Waals surface area contributed by atoms with Gasteiger partial charge in [0.25, 0.3) is 0 Å². The maximum Gasteiger partial charge on any atom is 0.345 e. The molecule has 0 unspecified atom stereocenters. The number of hydrogen-bond donors (Lipinski definition) is 2. The van der Waals surface area contributed by atoms with Crippen molar-refractivity contribution in [3.63, 3.8) is 0 Å². The summed E-state index contributed by atoms with van der Waals surface area (Å²) < 4.78 is 0. The average molecular weight is 201 g/mol. The lowest BCUT2D eigenvalue weighted by molar-refractivity contribution is 0.0702. The lowest BCUT2D eigenvalue weighted by atomic mass is 10.4. The minimum atomic E-state index is -0.836. The second kappa shape index (κ2) is 2.99. The van der Waals surface area contributed by atoms with Gasteiger partial charge in [-0.2, -0.15) is 0 Å². The third kappa shape index (κ3) is 1.30. The summed E-state index contributed by atoms with van der Waals surface area (Å²) in [6.45, 7) is 0.928. The molecule has 1 aromatic rings. The summed E-state index contributed by atoms with van der Waals surface area (Å²) >= 11 is 3.02. The molecule has 2 rings (SSSR count). The van der Waals surface area contributed by atoms with E-state index in [1.807, 2.05) is 0 Å². The molecule has 0 bridgehead atoms. The SMILES string of the molecule is O=C(O)c1cc2c(s1)NCCS2. The number of carbonyl (C=O) groups is 1.